The minimum Gasteiger partial charge on any atom is -0.449 e. The van der Waals surface area contributed by atoms with E-state index in [9.17, 15) is 23.2 Å². The Balaban J connectivity index is 1.65. The summed E-state index contributed by atoms with van der Waals surface area (Å²) in [6.45, 7) is 2.93. The van der Waals surface area contributed by atoms with E-state index in [2.05, 4.69) is 15.6 Å². The summed E-state index contributed by atoms with van der Waals surface area (Å²) in [6, 6.07) is 14.3. The topological polar surface area (TPSA) is 97.4 Å². The molecule has 0 saturated heterocycles. The lowest BCUT2D eigenvalue weighted by Gasteiger charge is -2.16. The summed E-state index contributed by atoms with van der Waals surface area (Å²) in [6.07, 6.45) is 0.210. The van der Waals surface area contributed by atoms with E-state index in [4.69, 9.17) is 4.74 Å². The molecule has 7 nitrogen and oxygen atoms in total. The highest BCUT2D eigenvalue weighted by atomic mass is 32.2. The molecule has 3 aromatic rings. The van der Waals surface area contributed by atoms with Crippen molar-refractivity contribution in [1.29, 1.82) is 0 Å². The number of nitrogens with one attached hydrogen (secondary N) is 2. The lowest BCUT2D eigenvalue weighted by Crippen LogP contribution is -2.30. The van der Waals surface area contributed by atoms with Crippen LogP contribution in [0.2, 0.25) is 0 Å². The average molecular weight is 486 g/mol. The van der Waals surface area contributed by atoms with Crippen LogP contribution in [0, 0.1) is 11.6 Å². The predicted octanol–water partition coefficient (Wildman–Crippen LogP) is 4.66. The standard InChI is InChI=1S/C24H21F2N3O4S/c1-14(21(30)28-19-11-5-3-9-17(19)25)33-24(32)16-8-7-13-27-23(16)34-15(2)22(31)29-20-12-6-4-10-18(20)26/h3-15H,1-2H3,(H,28,30)(H,29,31)/t14-,15-/m1/s1. The first-order valence-corrected chi connectivity index (χ1v) is 11.1. The second kappa shape index (κ2) is 11.4. The molecule has 1 heterocycles. The summed E-state index contributed by atoms with van der Waals surface area (Å²) < 4.78 is 32.8. The number of amides is 2. The number of hydrogen-bond donors (Lipinski definition) is 2. The van der Waals surface area contributed by atoms with Crippen LogP contribution in [0.3, 0.4) is 0 Å². The van der Waals surface area contributed by atoms with Gasteiger partial charge in [0.1, 0.15) is 16.7 Å². The molecular weight excluding hydrogens is 464 g/mol. The maximum Gasteiger partial charge on any atom is 0.341 e. The molecule has 0 bridgehead atoms. The van der Waals surface area contributed by atoms with Crippen LogP contribution in [-0.2, 0) is 14.3 Å². The van der Waals surface area contributed by atoms with Crippen LogP contribution in [0.4, 0.5) is 20.2 Å². The third kappa shape index (κ3) is 6.38. The molecule has 0 aliphatic rings. The van der Waals surface area contributed by atoms with E-state index < -0.39 is 40.8 Å². The highest BCUT2D eigenvalue weighted by Crippen LogP contribution is 2.27. The highest BCUT2D eigenvalue weighted by Gasteiger charge is 2.24. The lowest BCUT2D eigenvalue weighted by atomic mass is 10.2. The molecule has 1 aromatic heterocycles. The summed E-state index contributed by atoms with van der Waals surface area (Å²) >= 11 is 0.975. The number of para-hydroxylation sites is 2. The molecular formula is C24H21F2N3O4S. The lowest BCUT2D eigenvalue weighted by molar-refractivity contribution is -0.123. The number of carbonyl (C=O) groups excluding carboxylic acids is 3. The van der Waals surface area contributed by atoms with Gasteiger partial charge < -0.3 is 15.4 Å². The van der Waals surface area contributed by atoms with E-state index in [-0.39, 0.29) is 22.0 Å². The Hall–Kier alpha value is -3.79. The molecule has 0 unspecified atom stereocenters. The second-order valence-corrected chi connectivity index (χ2v) is 8.43. The zero-order chi connectivity index (χ0) is 24.7. The molecule has 2 N–H and O–H groups in total. The Bertz CT molecular complexity index is 1210. The fourth-order valence-electron chi connectivity index (χ4n) is 2.73. The first-order valence-electron chi connectivity index (χ1n) is 10.2. The summed E-state index contributed by atoms with van der Waals surface area (Å²) in [5.74, 6) is -3.24. The fourth-order valence-corrected chi connectivity index (χ4v) is 3.63. The largest absolute Gasteiger partial charge is 0.449 e. The van der Waals surface area contributed by atoms with Crippen LogP contribution in [0.15, 0.2) is 71.9 Å². The Labute approximate surface area is 198 Å². The molecule has 0 saturated carbocycles. The molecule has 0 aliphatic heterocycles. The van der Waals surface area contributed by atoms with Gasteiger partial charge in [0.05, 0.1) is 22.2 Å². The average Bonchev–Trinajstić information content (AvgIpc) is 2.82. The fraction of sp³-hybridized carbons (Fsp3) is 0.167. The van der Waals surface area contributed by atoms with Gasteiger partial charge in [-0.3, -0.25) is 9.59 Å². The third-order valence-corrected chi connectivity index (χ3v) is 5.68. The molecule has 0 fully saturated rings. The van der Waals surface area contributed by atoms with E-state index in [1.165, 1.54) is 61.7 Å². The van der Waals surface area contributed by atoms with E-state index in [0.29, 0.717) is 0 Å². The monoisotopic (exact) mass is 485 g/mol. The zero-order valence-electron chi connectivity index (χ0n) is 18.2. The molecule has 34 heavy (non-hydrogen) atoms. The number of esters is 1. The Morgan fingerprint density at radius 3 is 2.00 bits per heavy atom. The first-order chi connectivity index (χ1) is 16.3. The predicted molar refractivity (Wildman–Crippen MR) is 124 cm³/mol. The van der Waals surface area contributed by atoms with E-state index >= 15 is 0 Å². The van der Waals surface area contributed by atoms with Crippen molar-refractivity contribution in [3.63, 3.8) is 0 Å². The maximum atomic E-state index is 13.8. The van der Waals surface area contributed by atoms with Crippen molar-refractivity contribution in [3.8, 4) is 0 Å². The number of thioether (sulfide) groups is 1. The van der Waals surface area contributed by atoms with Crippen molar-refractivity contribution in [2.24, 2.45) is 0 Å². The van der Waals surface area contributed by atoms with E-state index in [1.807, 2.05) is 0 Å². The normalized spacial score (nSPS) is 12.4. The van der Waals surface area contributed by atoms with Gasteiger partial charge >= 0.3 is 5.97 Å². The van der Waals surface area contributed by atoms with Crippen molar-refractivity contribution in [2.75, 3.05) is 10.6 Å². The van der Waals surface area contributed by atoms with Crippen LogP contribution in [-0.4, -0.2) is 34.1 Å². The molecule has 0 spiro atoms. The zero-order valence-corrected chi connectivity index (χ0v) is 19.1. The number of benzene rings is 2. The number of rotatable bonds is 8. The quantitative estimate of drug-likeness (QED) is 0.356. The van der Waals surface area contributed by atoms with Gasteiger partial charge in [0.15, 0.2) is 6.10 Å². The van der Waals surface area contributed by atoms with Crippen LogP contribution >= 0.6 is 11.8 Å². The molecule has 2 atom stereocenters. The number of ether oxygens (including phenoxy) is 1. The SMILES string of the molecule is C[C@@H](OC(=O)c1cccnc1S[C@H](C)C(=O)Nc1ccccc1F)C(=O)Nc1ccccc1F. The molecule has 3 rings (SSSR count). The number of halogens is 2. The van der Waals surface area contributed by atoms with Crippen molar-refractivity contribution in [3.05, 3.63) is 84.1 Å². The Kier molecular flexibility index (Phi) is 8.31. The van der Waals surface area contributed by atoms with E-state index in [0.717, 1.165) is 11.8 Å². The van der Waals surface area contributed by atoms with Gasteiger partial charge in [-0.15, -0.1) is 0 Å². The van der Waals surface area contributed by atoms with Gasteiger partial charge in [0, 0.05) is 6.20 Å². The van der Waals surface area contributed by atoms with Gasteiger partial charge in [-0.25, -0.2) is 18.6 Å². The molecule has 0 radical (unpaired) electrons. The van der Waals surface area contributed by atoms with Crippen molar-refractivity contribution in [2.45, 2.75) is 30.2 Å². The summed E-state index contributed by atoms with van der Waals surface area (Å²) in [5.41, 5.74) is 0.0431. The smallest absolute Gasteiger partial charge is 0.341 e. The third-order valence-electron chi connectivity index (χ3n) is 4.57. The highest BCUT2D eigenvalue weighted by molar-refractivity contribution is 8.00. The second-order valence-electron chi connectivity index (χ2n) is 7.10. The van der Waals surface area contributed by atoms with Gasteiger partial charge in [0.2, 0.25) is 5.91 Å². The van der Waals surface area contributed by atoms with Gasteiger partial charge in [-0.1, -0.05) is 36.0 Å². The van der Waals surface area contributed by atoms with E-state index in [1.54, 1.807) is 19.1 Å². The summed E-state index contributed by atoms with van der Waals surface area (Å²) in [4.78, 5) is 41.7. The number of nitrogens with zero attached hydrogens (tertiary/aromatic N) is 1. The van der Waals surface area contributed by atoms with Gasteiger partial charge in [-0.05, 0) is 50.2 Å². The minimum absolute atomic E-state index is 0.0373. The molecule has 2 amide bonds. The number of anilines is 2. The van der Waals surface area contributed by atoms with Crippen LogP contribution in [0.1, 0.15) is 24.2 Å². The summed E-state index contributed by atoms with van der Waals surface area (Å²) in [5, 5.41) is 4.32. The first kappa shape index (κ1) is 24.8. The number of carbonyl (C=O) groups is 3. The molecule has 10 heteroatoms. The van der Waals surface area contributed by atoms with Crippen LogP contribution < -0.4 is 10.6 Å². The number of aromatic nitrogens is 1. The number of hydrogen-bond acceptors (Lipinski definition) is 6. The maximum absolute atomic E-state index is 13.8. The summed E-state index contributed by atoms with van der Waals surface area (Å²) in [7, 11) is 0. The number of pyridine rings is 1. The minimum atomic E-state index is -1.23. The Morgan fingerprint density at radius 2 is 1.41 bits per heavy atom. The van der Waals surface area contributed by atoms with Crippen LogP contribution in [0.5, 0.6) is 0 Å². The molecule has 0 aliphatic carbocycles. The molecule has 2 aromatic carbocycles. The van der Waals surface area contributed by atoms with Gasteiger partial charge in [0.25, 0.3) is 5.91 Å². The van der Waals surface area contributed by atoms with Gasteiger partial charge in [-0.2, -0.15) is 0 Å². The van der Waals surface area contributed by atoms with Crippen LogP contribution in [0.25, 0.3) is 0 Å². The van der Waals surface area contributed by atoms with Crippen molar-refractivity contribution in [1.82, 2.24) is 4.98 Å². The Morgan fingerprint density at radius 1 is 0.853 bits per heavy atom. The molecule has 176 valence electrons. The van der Waals surface area contributed by atoms with Crippen molar-refractivity contribution >= 4 is 40.9 Å². The van der Waals surface area contributed by atoms with Crippen molar-refractivity contribution < 1.29 is 27.9 Å².